The summed E-state index contributed by atoms with van der Waals surface area (Å²) in [7, 11) is 0. The predicted molar refractivity (Wildman–Crippen MR) is 67.6 cm³/mol. The number of halogens is 3. The quantitative estimate of drug-likeness (QED) is 0.789. The lowest BCUT2D eigenvalue weighted by Gasteiger charge is -2.26. The molecule has 1 aromatic carbocycles. The molecule has 0 fully saturated rings. The van der Waals surface area contributed by atoms with Crippen molar-refractivity contribution in [2.75, 3.05) is 13.1 Å². The zero-order valence-electron chi connectivity index (χ0n) is 11.1. The smallest absolute Gasteiger partial charge is 0.316 e. The summed E-state index contributed by atoms with van der Waals surface area (Å²) in [5, 5.41) is 3.25. The van der Waals surface area contributed by atoms with E-state index >= 15 is 0 Å². The van der Waals surface area contributed by atoms with Gasteiger partial charge in [0, 0.05) is 12.0 Å². The van der Waals surface area contributed by atoms with E-state index in [0.29, 0.717) is 12.1 Å². The van der Waals surface area contributed by atoms with Gasteiger partial charge < -0.3 is 5.32 Å². The summed E-state index contributed by atoms with van der Waals surface area (Å²) in [5.41, 5.74) is -0.180. The van der Waals surface area contributed by atoms with Crippen LogP contribution in [0.4, 0.5) is 13.2 Å². The molecule has 0 amide bonds. The summed E-state index contributed by atoms with van der Waals surface area (Å²) in [6, 6.07) is 5.58. The lowest BCUT2D eigenvalue weighted by atomic mass is 9.83. The van der Waals surface area contributed by atoms with Gasteiger partial charge in [0.25, 0.3) is 0 Å². The maximum absolute atomic E-state index is 12.6. The molecule has 0 heterocycles. The van der Waals surface area contributed by atoms with Gasteiger partial charge in [-0.25, -0.2) is 0 Å². The number of benzene rings is 1. The molecule has 1 N–H and O–H groups in total. The normalized spacial score (nSPS) is 12.8. The van der Waals surface area contributed by atoms with Gasteiger partial charge in [0.05, 0.1) is 5.56 Å². The van der Waals surface area contributed by atoms with E-state index in [0.717, 1.165) is 19.0 Å². The number of nitrogens with one attached hydrogen (secondary N) is 1. The van der Waals surface area contributed by atoms with E-state index in [2.05, 4.69) is 12.2 Å². The highest BCUT2D eigenvalue weighted by Crippen LogP contribution is 2.32. The van der Waals surface area contributed by atoms with Crippen molar-refractivity contribution < 1.29 is 13.2 Å². The lowest BCUT2D eigenvalue weighted by molar-refractivity contribution is -0.137. The standard InChI is InChI=1S/C14H20F3N/c1-4-8-18-10-13(2,3)11-6-5-7-12(9-11)14(15,16)17/h5-7,9,18H,4,8,10H2,1-3H3. The summed E-state index contributed by atoms with van der Waals surface area (Å²) < 4.78 is 37.9. The molecule has 0 unspecified atom stereocenters. The van der Waals surface area contributed by atoms with E-state index < -0.39 is 11.7 Å². The van der Waals surface area contributed by atoms with Crippen LogP contribution in [0.2, 0.25) is 0 Å². The summed E-state index contributed by atoms with van der Waals surface area (Å²) in [6.07, 6.45) is -3.26. The van der Waals surface area contributed by atoms with Gasteiger partial charge in [-0.1, -0.05) is 39.0 Å². The van der Waals surface area contributed by atoms with Gasteiger partial charge in [-0.15, -0.1) is 0 Å². The average molecular weight is 259 g/mol. The third kappa shape index (κ3) is 4.02. The van der Waals surface area contributed by atoms with E-state index in [9.17, 15) is 13.2 Å². The minimum atomic E-state index is -4.27. The summed E-state index contributed by atoms with van der Waals surface area (Å²) in [5.74, 6) is 0. The van der Waals surface area contributed by atoms with E-state index in [1.165, 1.54) is 12.1 Å². The molecule has 0 aliphatic rings. The van der Waals surface area contributed by atoms with Crippen LogP contribution in [0.5, 0.6) is 0 Å². The third-order valence-corrected chi connectivity index (χ3v) is 2.97. The topological polar surface area (TPSA) is 12.0 Å². The molecule has 18 heavy (non-hydrogen) atoms. The van der Waals surface area contributed by atoms with Gasteiger partial charge in [-0.3, -0.25) is 0 Å². The number of alkyl halides is 3. The van der Waals surface area contributed by atoms with Crippen molar-refractivity contribution in [1.29, 1.82) is 0 Å². The molecule has 0 saturated carbocycles. The van der Waals surface area contributed by atoms with Gasteiger partial charge in [-0.2, -0.15) is 13.2 Å². The fourth-order valence-corrected chi connectivity index (χ4v) is 1.80. The monoisotopic (exact) mass is 259 g/mol. The zero-order chi connectivity index (χ0) is 13.8. The molecule has 0 aromatic heterocycles. The second-order valence-corrected chi connectivity index (χ2v) is 5.14. The van der Waals surface area contributed by atoms with Gasteiger partial charge in [0.2, 0.25) is 0 Å². The Bertz CT molecular complexity index is 383. The Hall–Kier alpha value is -1.03. The largest absolute Gasteiger partial charge is 0.416 e. The second-order valence-electron chi connectivity index (χ2n) is 5.14. The molecule has 0 aliphatic carbocycles. The van der Waals surface area contributed by atoms with Crippen LogP contribution in [-0.2, 0) is 11.6 Å². The first kappa shape index (κ1) is 15.0. The number of hydrogen-bond acceptors (Lipinski definition) is 1. The van der Waals surface area contributed by atoms with Crippen LogP contribution >= 0.6 is 0 Å². The SMILES string of the molecule is CCCNCC(C)(C)c1cccc(C(F)(F)F)c1. The number of hydrogen-bond donors (Lipinski definition) is 1. The highest BCUT2D eigenvalue weighted by Gasteiger charge is 2.32. The van der Waals surface area contributed by atoms with Crippen LogP contribution in [0, 0.1) is 0 Å². The van der Waals surface area contributed by atoms with Crippen LogP contribution in [0.25, 0.3) is 0 Å². The molecule has 0 radical (unpaired) electrons. The Labute approximate surface area is 106 Å². The van der Waals surface area contributed by atoms with Crippen molar-refractivity contribution in [3.05, 3.63) is 35.4 Å². The van der Waals surface area contributed by atoms with Crippen LogP contribution in [0.1, 0.15) is 38.3 Å². The Morgan fingerprint density at radius 2 is 1.72 bits per heavy atom. The van der Waals surface area contributed by atoms with E-state index in [-0.39, 0.29) is 5.41 Å². The highest BCUT2D eigenvalue weighted by atomic mass is 19.4. The molecule has 1 nitrogen and oxygen atoms in total. The molecule has 1 rings (SSSR count). The molecule has 0 aliphatic heterocycles. The molecule has 4 heteroatoms. The molecule has 0 saturated heterocycles. The van der Waals surface area contributed by atoms with Crippen molar-refractivity contribution >= 4 is 0 Å². The Kier molecular flexibility index (Phi) is 4.79. The molecule has 0 atom stereocenters. The molecule has 102 valence electrons. The minimum absolute atomic E-state index is 0.309. The maximum Gasteiger partial charge on any atom is 0.416 e. The van der Waals surface area contributed by atoms with E-state index in [1.54, 1.807) is 6.07 Å². The van der Waals surface area contributed by atoms with Crippen molar-refractivity contribution in [2.45, 2.75) is 38.8 Å². The van der Waals surface area contributed by atoms with E-state index in [4.69, 9.17) is 0 Å². The summed E-state index contributed by atoms with van der Waals surface area (Å²) >= 11 is 0. The Morgan fingerprint density at radius 3 is 2.28 bits per heavy atom. The van der Waals surface area contributed by atoms with Gasteiger partial charge in [0.15, 0.2) is 0 Å². The molecule has 0 bridgehead atoms. The molecule has 0 spiro atoms. The zero-order valence-corrected chi connectivity index (χ0v) is 11.1. The lowest BCUT2D eigenvalue weighted by Crippen LogP contribution is -2.33. The first-order valence-corrected chi connectivity index (χ1v) is 6.16. The minimum Gasteiger partial charge on any atom is -0.316 e. The third-order valence-electron chi connectivity index (χ3n) is 2.97. The molecular formula is C14H20F3N. The average Bonchev–Trinajstić information content (AvgIpc) is 2.28. The van der Waals surface area contributed by atoms with Crippen LogP contribution in [0.15, 0.2) is 24.3 Å². The highest BCUT2D eigenvalue weighted by molar-refractivity contribution is 5.31. The fraction of sp³-hybridized carbons (Fsp3) is 0.571. The van der Waals surface area contributed by atoms with Crippen molar-refractivity contribution in [1.82, 2.24) is 5.32 Å². The van der Waals surface area contributed by atoms with Crippen LogP contribution in [0.3, 0.4) is 0 Å². The van der Waals surface area contributed by atoms with Crippen molar-refractivity contribution in [3.8, 4) is 0 Å². The van der Waals surface area contributed by atoms with Gasteiger partial charge >= 0.3 is 6.18 Å². The summed E-state index contributed by atoms with van der Waals surface area (Å²) in [4.78, 5) is 0. The van der Waals surface area contributed by atoms with Gasteiger partial charge in [-0.05, 0) is 24.6 Å². The number of rotatable bonds is 5. The Balaban J connectivity index is 2.88. The maximum atomic E-state index is 12.6. The molecule has 1 aromatic rings. The van der Waals surface area contributed by atoms with Crippen LogP contribution in [-0.4, -0.2) is 13.1 Å². The fourth-order valence-electron chi connectivity index (χ4n) is 1.80. The van der Waals surface area contributed by atoms with Crippen molar-refractivity contribution in [2.24, 2.45) is 0 Å². The van der Waals surface area contributed by atoms with Crippen molar-refractivity contribution in [3.63, 3.8) is 0 Å². The second kappa shape index (κ2) is 5.74. The van der Waals surface area contributed by atoms with Gasteiger partial charge in [0.1, 0.15) is 0 Å². The van der Waals surface area contributed by atoms with Crippen LogP contribution < -0.4 is 5.32 Å². The molecular weight excluding hydrogens is 239 g/mol. The predicted octanol–water partition coefficient (Wildman–Crippen LogP) is 3.98. The first-order chi connectivity index (χ1) is 8.27. The summed E-state index contributed by atoms with van der Waals surface area (Å²) in [6.45, 7) is 7.51. The Morgan fingerprint density at radius 1 is 1.11 bits per heavy atom. The van der Waals surface area contributed by atoms with E-state index in [1.807, 2.05) is 13.8 Å². The first-order valence-electron chi connectivity index (χ1n) is 6.16.